The molecule has 1 saturated heterocycles. The molecule has 0 amide bonds. The molecule has 1 aliphatic rings. The maximum absolute atomic E-state index is 12.8. The van der Waals surface area contributed by atoms with E-state index in [1.54, 1.807) is 12.1 Å². The zero-order valence-corrected chi connectivity index (χ0v) is 9.95. The first-order valence-electron chi connectivity index (χ1n) is 6.28. The molecular formula is C14H20FN. The van der Waals surface area contributed by atoms with Crippen LogP contribution in [0.2, 0.25) is 0 Å². The summed E-state index contributed by atoms with van der Waals surface area (Å²) in [5.74, 6) is -0.138. The van der Waals surface area contributed by atoms with Crippen molar-refractivity contribution in [3.63, 3.8) is 0 Å². The second kappa shape index (κ2) is 5.44. The van der Waals surface area contributed by atoms with Crippen molar-refractivity contribution in [2.45, 2.75) is 38.6 Å². The first-order valence-corrected chi connectivity index (χ1v) is 6.28. The van der Waals surface area contributed by atoms with Gasteiger partial charge in [-0.2, -0.15) is 0 Å². The van der Waals surface area contributed by atoms with E-state index in [2.05, 4.69) is 11.8 Å². The summed E-state index contributed by atoms with van der Waals surface area (Å²) in [4.78, 5) is 2.57. The maximum atomic E-state index is 12.8. The predicted molar refractivity (Wildman–Crippen MR) is 65.0 cm³/mol. The van der Waals surface area contributed by atoms with E-state index in [0.29, 0.717) is 6.04 Å². The van der Waals surface area contributed by atoms with E-state index in [-0.39, 0.29) is 5.82 Å². The molecule has 1 unspecified atom stereocenters. The molecule has 1 aliphatic heterocycles. The minimum Gasteiger partial charge on any atom is -0.300 e. The third-order valence-corrected chi connectivity index (χ3v) is 3.39. The molecule has 1 atom stereocenters. The van der Waals surface area contributed by atoms with Gasteiger partial charge in [-0.05, 0) is 56.5 Å². The van der Waals surface area contributed by atoms with Crippen molar-refractivity contribution in [3.05, 3.63) is 35.6 Å². The lowest BCUT2D eigenvalue weighted by atomic mass is 10.0. The standard InChI is InChI=1S/C14H20FN/c1-2-9-16-10-3-4-14(16)11-12-5-7-13(15)8-6-12/h5-8,14H,2-4,9-11H2,1H3. The van der Waals surface area contributed by atoms with Crippen LogP contribution in [-0.4, -0.2) is 24.0 Å². The summed E-state index contributed by atoms with van der Waals surface area (Å²) in [6.45, 7) is 4.67. The van der Waals surface area contributed by atoms with Crippen LogP contribution >= 0.6 is 0 Å². The smallest absolute Gasteiger partial charge is 0.123 e. The highest BCUT2D eigenvalue weighted by Gasteiger charge is 2.23. The van der Waals surface area contributed by atoms with Crippen LogP contribution in [0.15, 0.2) is 24.3 Å². The van der Waals surface area contributed by atoms with Gasteiger partial charge in [-0.25, -0.2) is 4.39 Å². The fourth-order valence-electron chi connectivity index (χ4n) is 2.60. The number of halogens is 1. The van der Waals surface area contributed by atoms with Gasteiger partial charge >= 0.3 is 0 Å². The molecule has 0 saturated carbocycles. The molecule has 88 valence electrons. The highest BCUT2D eigenvalue weighted by atomic mass is 19.1. The summed E-state index contributed by atoms with van der Waals surface area (Å²) in [7, 11) is 0. The summed E-state index contributed by atoms with van der Waals surface area (Å²) in [6, 6.07) is 7.63. The summed E-state index contributed by atoms with van der Waals surface area (Å²) in [5, 5.41) is 0. The van der Waals surface area contributed by atoms with E-state index in [0.717, 1.165) is 6.42 Å². The molecule has 0 spiro atoms. The summed E-state index contributed by atoms with van der Waals surface area (Å²) >= 11 is 0. The number of likely N-dealkylation sites (tertiary alicyclic amines) is 1. The highest BCUT2D eigenvalue weighted by Crippen LogP contribution is 2.21. The van der Waals surface area contributed by atoms with Gasteiger partial charge in [0, 0.05) is 6.04 Å². The summed E-state index contributed by atoms with van der Waals surface area (Å²) in [5.41, 5.74) is 1.26. The Morgan fingerprint density at radius 2 is 2.06 bits per heavy atom. The van der Waals surface area contributed by atoms with Crippen molar-refractivity contribution >= 4 is 0 Å². The van der Waals surface area contributed by atoms with Crippen LogP contribution in [0.5, 0.6) is 0 Å². The van der Waals surface area contributed by atoms with Gasteiger partial charge in [-0.3, -0.25) is 0 Å². The average molecular weight is 221 g/mol. The van der Waals surface area contributed by atoms with Crippen molar-refractivity contribution in [2.24, 2.45) is 0 Å². The summed E-state index contributed by atoms with van der Waals surface area (Å²) < 4.78 is 12.8. The lowest BCUT2D eigenvalue weighted by Crippen LogP contribution is -2.31. The SMILES string of the molecule is CCCN1CCCC1Cc1ccc(F)cc1. The molecule has 0 radical (unpaired) electrons. The van der Waals surface area contributed by atoms with Gasteiger partial charge in [0.1, 0.15) is 5.82 Å². The molecule has 1 aromatic rings. The van der Waals surface area contributed by atoms with Crippen LogP contribution in [0, 0.1) is 5.82 Å². The lowest BCUT2D eigenvalue weighted by Gasteiger charge is -2.23. The number of hydrogen-bond donors (Lipinski definition) is 0. The molecule has 0 bridgehead atoms. The van der Waals surface area contributed by atoms with Gasteiger partial charge in [0.05, 0.1) is 0 Å². The maximum Gasteiger partial charge on any atom is 0.123 e. The van der Waals surface area contributed by atoms with Crippen LogP contribution < -0.4 is 0 Å². The van der Waals surface area contributed by atoms with Crippen LogP contribution in [0.1, 0.15) is 31.7 Å². The molecule has 1 fully saturated rings. The van der Waals surface area contributed by atoms with Crippen LogP contribution in [0.4, 0.5) is 4.39 Å². The van der Waals surface area contributed by atoms with Crippen molar-refractivity contribution in [1.29, 1.82) is 0 Å². The van der Waals surface area contributed by atoms with Crippen LogP contribution in [0.3, 0.4) is 0 Å². The molecule has 0 aromatic heterocycles. The third-order valence-electron chi connectivity index (χ3n) is 3.39. The second-order valence-corrected chi connectivity index (χ2v) is 4.66. The molecule has 0 aliphatic carbocycles. The molecule has 2 rings (SSSR count). The Kier molecular flexibility index (Phi) is 3.94. The van der Waals surface area contributed by atoms with E-state index < -0.39 is 0 Å². The second-order valence-electron chi connectivity index (χ2n) is 4.66. The Bertz CT molecular complexity index is 320. The Morgan fingerprint density at radius 3 is 2.75 bits per heavy atom. The minimum absolute atomic E-state index is 0.138. The van der Waals surface area contributed by atoms with Gasteiger partial charge < -0.3 is 4.90 Å². The largest absolute Gasteiger partial charge is 0.300 e. The quantitative estimate of drug-likeness (QED) is 0.754. The van der Waals surface area contributed by atoms with Crippen molar-refractivity contribution < 1.29 is 4.39 Å². The Labute approximate surface area is 97.3 Å². The molecule has 0 N–H and O–H groups in total. The monoisotopic (exact) mass is 221 g/mol. The van der Waals surface area contributed by atoms with Crippen molar-refractivity contribution in [3.8, 4) is 0 Å². The molecule has 1 aromatic carbocycles. The molecule has 1 nitrogen and oxygen atoms in total. The molecule has 1 heterocycles. The predicted octanol–water partition coefficient (Wildman–Crippen LogP) is 3.24. The van der Waals surface area contributed by atoms with E-state index in [1.807, 2.05) is 12.1 Å². The van der Waals surface area contributed by atoms with Gasteiger partial charge in [0.2, 0.25) is 0 Å². The van der Waals surface area contributed by atoms with Gasteiger partial charge in [0.25, 0.3) is 0 Å². The van der Waals surface area contributed by atoms with Gasteiger partial charge in [-0.15, -0.1) is 0 Å². The number of nitrogens with zero attached hydrogens (tertiary/aromatic N) is 1. The lowest BCUT2D eigenvalue weighted by molar-refractivity contribution is 0.253. The van der Waals surface area contributed by atoms with E-state index in [1.165, 1.54) is 37.9 Å². The van der Waals surface area contributed by atoms with Gasteiger partial charge in [0.15, 0.2) is 0 Å². The Balaban J connectivity index is 1.95. The first kappa shape index (κ1) is 11.6. The zero-order valence-electron chi connectivity index (χ0n) is 9.95. The van der Waals surface area contributed by atoms with E-state index >= 15 is 0 Å². The highest BCUT2D eigenvalue weighted by molar-refractivity contribution is 5.17. The molecular weight excluding hydrogens is 201 g/mol. The number of benzene rings is 1. The van der Waals surface area contributed by atoms with E-state index in [9.17, 15) is 4.39 Å². The minimum atomic E-state index is -0.138. The normalized spacial score (nSPS) is 21.5. The number of hydrogen-bond acceptors (Lipinski definition) is 1. The fraction of sp³-hybridized carbons (Fsp3) is 0.571. The van der Waals surface area contributed by atoms with Crippen LogP contribution in [-0.2, 0) is 6.42 Å². The fourth-order valence-corrected chi connectivity index (χ4v) is 2.60. The van der Waals surface area contributed by atoms with Crippen molar-refractivity contribution in [1.82, 2.24) is 4.90 Å². The zero-order chi connectivity index (χ0) is 11.4. The third kappa shape index (κ3) is 2.82. The van der Waals surface area contributed by atoms with Crippen LogP contribution in [0.25, 0.3) is 0 Å². The molecule has 16 heavy (non-hydrogen) atoms. The summed E-state index contributed by atoms with van der Waals surface area (Å²) in [6.07, 6.45) is 4.89. The molecule has 2 heteroatoms. The Morgan fingerprint density at radius 1 is 1.31 bits per heavy atom. The average Bonchev–Trinajstić information content (AvgIpc) is 2.70. The first-order chi connectivity index (χ1) is 7.79. The topological polar surface area (TPSA) is 3.24 Å². The van der Waals surface area contributed by atoms with Gasteiger partial charge in [-0.1, -0.05) is 19.1 Å². The Hall–Kier alpha value is -0.890. The van der Waals surface area contributed by atoms with Crippen molar-refractivity contribution in [2.75, 3.05) is 13.1 Å². The number of rotatable bonds is 4. The van der Waals surface area contributed by atoms with E-state index in [4.69, 9.17) is 0 Å².